The molecular weight excluding hydrogens is 251 g/mol. The van der Waals surface area contributed by atoms with Gasteiger partial charge in [-0.2, -0.15) is 5.10 Å². The van der Waals surface area contributed by atoms with Crippen molar-refractivity contribution < 1.29 is 9.18 Å². The standard InChI is InChI=1S/C11H13FN6O/c1-18-5-16-10(17-18)4-15-9-2-6(11(14)19)8(13)3-7(9)12/h2-3,5,15H,4,13H2,1H3,(H2,14,19). The van der Waals surface area contributed by atoms with Gasteiger partial charge in [-0.25, -0.2) is 9.37 Å². The van der Waals surface area contributed by atoms with Crippen molar-refractivity contribution in [3.05, 3.63) is 35.7 Å². The fourth-order valence-electron chi connectivity index (χ4n) is 1.58. The second-order valence-corrected chi connectivity index (χ2v) is 3.97. The molecule has 1 amide bonds. The molecule has 1 heterocycles. The van der Waals surface area contributed by atoms with E-state index in [1.165, 1.54) is 17.1 Å². The lowest BCUT2D eigenvalue weighted by molar-refractivity contribution is 0.100. The lowest BCUT2D eigenvalue weighted by Crippen LogP contribution is -2.15. The van der Waals surface area contributed by atoms with Crippen LogP contribution in [0, 0.1) is 5.82 Å². The van der Waals surface area contributed by atoms with Gasteiger partial charge in [0.15, 0.2) is 5.82 Å². The zero-order chi connectivity index (χ0) is 14.0. The first kappa shape index (κ1) is 12.8. The smallest absolute Gasteiger partial charge is 0.250 e. The maximum atomic E-state index is 13.7. The van der Waals surface area contributed by atoms with E-state index >= 15 is 0 Å². The monoisotopic (exact) mass is 264 g/mol. The van der Waals surface area contributed by atoms with Crippen molar-refractivity contribution in [2.75, 3.05) is 11.1 Å². The van der Waals surface area contributed by atoms with Crippen molar-refractivity contribution in [3.8, 4) is 0 Å². The summed E-state index contributed by atoms with van der Waals surface area (Å²) in [7, 11) is 1.73. The van der Waals surface area contributed by atoms with Crippen molar-refractivity contribution in [1.82, 2.24) is 14.8 Å². The van der Waals surface area contributed by atoms with Crippen LogP contribution in [0.15, 0.2) is 18.5 Å². The maximum absolute atomic E-state index is 13.7. The summed E-state index contributed by atoms with van der Waals surface area (Å²) in [6, 6.07) is 2.32. The van der Waals surface area contributed by atoms with Crippen LogP contribution in [0.25, 0.3) is 0 Å². The normalized spacial score (nSPS) is 10.4. The van der Waals surface area contributed by atoms with Gasteiger partial charge >= 0.3 is 0 Å². The molecule has 0 spiro atoms. The van der Waals surface area contributed by atoms with E-state index in [1.54, 1.807) is 7.05 Å². The molecule has 0 bridgehead atoms. The van der Waals surface area contributed by atoms with Gasteiger partial charge in [-0.05, 0) is 12.1 Å². The zero-order valence-corrected chi connectivity index (χ0v) is 10.2. The number of rotatable bonds is 4. The molecule has 0 aliphatic heterocycles. The molecule has 100 valence electrons. The first-order chi connectivity index (χ1) is 8.97. The molecule has 0 fully saturated rings. The van der Waals surface area contributed by atoms with Crippen molar-refractivity contribution >= 4 is 17.3 Å². The zero-order valence-electron chi connectivity index (χ0n) is 10.2. The number of benzene rings is 1. The van der Waals surface area contributed by atoms with Crippen LogP contribution in [0.4, 0.5) is 15.8 Å². The topological polar surface area (TPSA) is 112 Å². The molecule has 0 saturated carbocycles. The van der Waals surface area contributed by atoms with Gasteiger partial charge in [0.05, 0.1) is 17.8 Å². The molecule has 2 aromatic rings. The predicted octanol–water partition coefficient (Wildman–Crippen LogP) is 0.247. The van der Waals surface area contributed by atoms with Crippen LogP contribution in [0.2, 0.25) is 0 Å². The number of amides is 1. The third-order valence-corrected chi connectivity index (χ3v) is 2.49. The predicted molar refractivity (Wildman–Crippen MR) is 67.7 cm³/mol. The van der Waals surface area contributed by atoms with Crippen LogP contribution in [0.5, 0.6) is 0 Å². The minimum Gasteiger partial charge on any atom is -0.398 e. The fourth-order valence-corrected chi connectivity index (χ4v) is 1.58. The molecule has 5 N–H and O–H groups in total. The number of nitrogens with zero attached hydrogens (tertiary/aromatic N) is 3. The molecule has 0 aliphatic rings. The first-order valence-corrected chi connectivity index (χ1v) is 5.44. The summed E-state index contributed by atoms with van der Waals surface area (Å²) < 4.78 is 15.2. The highest BCUT2D eigenvalue weighted by Crippen LogP contribution is 2.22. The van der Waals surface area contributed by atoms with Gasteiger partial charge < -0.3 is 16.8 Å². The lowest BCUT2D eigenvalue weighted by atomic mass is 10.1. The molecule has 8 heteroatoms. The summed E-state index contributed by atoms with van der Waals surface area (Å²) >= 11 is 0. The Morgan fingerprint density at radius 1 is 1.53 bits per heavy atom. The summed E-state index contributed by atoms with van der Waals surface area (Å²) in [5.74, 6) is -0.783. The van der Waals surface area contributed by atoms with E-state index in [-0.39, 0.29) is 23.5 Å². The van der Waals surface area contributed by atoms with Gasteiger partial charge in [-0.1, -0.05) is 0 Å². The third-order valence-electron chi connectivity index (χ3n) is 2.49. The van der Waals surface area contributed by atoms with Crippen molar-refractivity contribution in [3.63, 3.8) is 0 Å². The van der Waals surface area contributed by atoms with Gasteiger partial charge in [0.25, 0.3) is 5.91 Å². The highest BCUT2D eigenvalue weighted by Gasteiger charge is 2.12. The van der Waals surface area contributed by atoms with Crippen LogP contribution in [0.1, 0.15) is 16.2 Å². The van der Waals surface area contributed by atoms with E-state index in [2.05, 4.69) is 15.4 Å². The van der Waals surface area contributed by atoms with E-state index in [9.17, 15) is 9.18 Å². The Morgan fingerprint density at radius 3 is 2.84 bits per heavy atom. The fraction of sp³-hybridized carbons (Fsp3) is 0.182. The molecule has 2 rings (SSSR count). The highest BCUT2D eigenvalue weighted by atomic mass is 19.1. The molecule has 0 unspecified atom stereocenters. The molecule has 0 atom stereocenters. The summed E-state index contributed by atoms with van der Waals surface area (Å²) in [4.78, 5) is 15.1. The Morgan fingerprint density at radius 2 is 2.26 bits per heavy atom. The van der Waals surface area contributed by atoms with Crippen LogP contribution >= 0.6 is 0 Å². The highest BCUT2D eigenvalue weighted by molar-refractivity contribution is 5.99. The number of carbonyl (C=O) groups excluding carboxylic acids is 1. The van der Waals surface area contributed by atoms with Crippen LogP contribution in [-0.2, 0) is 13.6 Å². The minimum atomic E-state index is -0.712. The second kappa shape index (κ2) is 4.92. The quantitative estimate of drug-likeness (QED) is 0.685. The summed E-state index contributed by atoms with van der Waals surface area (Å²) in [5, 5.41) is 6.82. The van der Waals surface area contributed by atoms with Crippen LogP contribution < -0.4 is 16.8 Å². The largest absolute Gasteiger partial charge is 0.398 e. The summed E-state index contributed by atoms with van der Waals surface area (Å²) in [6.45, 7) is 0.222. The number of nitrogens with one attached hydrogen (secondary N) is 1. The number of anilines is 2. The number of hydrogen-bond donors (Lipinski definition) is 3. The average molecular weight is 264 g/mol. The number of nitrogen functional groups attached to an aromatic ring is 1. The Labute approximate surface area is 108 Å². The van der Waals surface area contributed by atoms with Crippen molar-refractivity contribution in [2.24, 2.45) is 12.8 Å². The number of aromatic nitrogens is 3. The van der Waals surface area contributed by atoms with Gasteiger partial charge in [0.2, 0.25) is 0 Å². The number of halogens is 1. The average Bonchev–Trinajstić information content (AvgIpc) is 2.73. The number of hydrogen-bond acceptors (Lipinski definition) is 5. The SMILES string of the molecule is Cn1cnc(CNc2cc(C(N)=O)c(N)cc2F)n1. The molecule has 19 heavy (non-hydrogen) atoms. The van der Waals surface area contributed by atoms with Gasteiger partial charge in [-0.3, -0.25) is 9.48 Å². The minimum absolute atomic E-state index is 0.00603. The molecule has 1 aromatic carbocycles. The number of primary amides is 1. The van der Waals surface area contributed by atoms with Gasteiger partial charge in [0, 0.05) is 12.7 Å². The Kier molecular flexibility index (Phi) is 3.32. The Hall–Kier alpha value is -2.64. The van der Waals surface area contributed by atoms with Gasteiger partial charge in [-0.15, -0.1) is 0 Å². The first-order valence-electron chi connectivity index (χ1n) is 5.44. The number of carbonyl (C=O) groups is 1. The van der Waals surface area contributed by atoms with E-state index in [4.69, 9.17) is 11.5 Å². The van der Waals surface area contributed by atoms with E-state index in [0.29, 0.717) is 5.82 Å². The van der Waals surface area contributed by atoms with Crippen LogP contribution in [0.3, 0.4) is 0 Å². The molecule has 1 aromatic heterocycles. The second-order valence-electron chi connectivity index (χ2n) is 3.97. The molecule has 0 aliphatic carbocycles. The molecular formula is C11H13FN6O. The molecule has 0 radical (unpaired) electrons. The maximum Gasteiger partial charge on any atom is 0.250 e. The molecule has 7 nitrogen and oxygen atoms in total. The summed E-state index contributed by atoms with van der Waals surface area (Å²) in [6.07, 6.45) is 1.53. The summed E-state index contributed by atoms with van der Waals surface area (Å²) in [5.41, 5.74) is 10.8. The van der Waals surface area contributed by atoms with E-state index in [1.807, 2.05) is 0 Å². The third kappa shape index (κ3) is 2.79. The van der Waals surface area contributed by atoms with Crippen LogP contribution in [-0.4, -0.2) is 20.7 Å². The van der Waals surface area contributed by atoms with Crippen molar-refractivity contribution in [1.29, 1.82) is 0 Å². The Bertz CT molecular complexity index is 624. The van der Waals surface area contributed by atoms with Gasteiger partial charge in [0.1, 0.15) is 12.1 Å². The van der Waals surface area contributed by atoms with Crippen molar-refractivity contribution in [2.45, 2.75) is 6.54 Å². The van der Waals surface area contributed by atoms with E-state index < -0.39 is 11.7 Å². The molecule has 0 saturated heterocycles. The number of nitrogens with two attached hydrogens (primary N) is 2. The Balaban J connectivity index is 2.20. The van der Waals surface area contributed by atoms with E-state index in [0.717, 1.165) is 6.07 Å². The lowest BCUT2D eigenvalue weighted by Gasteiger charge is -2.09. The number of aryl methyl sites for hydroxylation is 1.